The Morgan fingerprint density at radius 2 is 1.00 bits per heavy atom. The first kappa shape index (κ1) is 22.4. The monoisotopic (exact) mass is 351 g/mol. The Kier molecular flexibility index (Phi) is 52.3. The van der Waals surface area contributed by atoms with E-state index >= 15 is 0 Å². The molecule has 0 bridgehead atoms. The maximum absolute atomic E-state index is 7.17. The molecule has 0 aliphatic heterocycles. The van der Waals surface area contributed by atoms with Gasteiger partial charge < -0.3 is 15.1 Å². The van der Waals surface area contributed by atoms with Crippen LogP contribution in [-0.2, 0) is 32.7 Å². The Hall–Kier alpha value is 3.63. The van der Waals surface area contributed by atoms with Gasteiger partial charge in [-0.05, 0) is 0 Å². The van der Waals surface area contributed by atoms with Crippen LogP contribution in [0.25, 0.3) is 0 Å². The van der Waals surface area contributed by atoms with Crippen LogP contribution in [0.4, 0.5) is 0 Å². The van der Waals surface area contributed by atoms with Crippen molar-refractivity contribution in [2.75, 3.05) is 0 Å². The summed E-state index contributed by atoms with van der Waals surface area (Å²) in [6.07, 6.45) is 0. The molecule has 0 saturated heterocycles. The first-order chi connectivity index (χ1) is 1.73. The minimum Gasteiger partial charge on any atom is 0 e. The minimum atomic E-state index is -2.17. The molecule has 7 heteroatoms. The molecule has 1 radical (unpaired) electrons. The second-order valence-corrected chi connectivity index (χ2v) is 0.346. The van der Waals surface area contributed by atoms with Gasteiger partial charge in [-0.3, -0.25) is 0 Å². The molecule has 0 heterocycles. The molecule has 7 heavy (non-hydrogen) atoms. The van der Waals surface area contributed by atoms with E-state index in [1.165, 1.54) is 0 Å². The zero-order chi connectivity index (χ0) is 3.58. The fraction of sp³-hybridized carbons (Fsp3) is 0. The third-order valence-electron chi connectivity index (χ3n) is 0. The van der Waals surface area contributed by atoms with Crippen LogP contribution in [0.5, 0.6) is 0 Å². The molecule has 0 aromatic rings. The first-order valence-corrected chi connectivity index (χ1v) is 0.775. The van der Waals surface area contributed by atoms with Gasteiger partial charge in [-0.15, -0.1) is 0 Å². The summed E-state index contributed by atoms with van der Waals surface area (Å²) in [5.74, 6) is 0. The van der Waals surface area contributed by atoms with Crippen LogP contribution in [-0.4, -0.2) is 60.1 Å². The van der Waals surface area contributed by atoms with Gasteiger partial charge in [0.05, 0.1) is 0 Å². The first-order valence-electron chi connectivity index (χ1n) is 0.775. The van der Waals surface area contributed by atoms with Gasteiger partial charge in [0.1, 0.15) is 0 Å². The molecule has 0 aromatic carbocycles. The summed E-state index contributed by atoms with van der Waals surface area (Å²) >= 11 is 0. The third kappa shape index (κ3) is 42.5. The number of hydrogen-bond donors (Lipinski definition) is 3. The van der Waals surface area contributed by atoms with E-state index in [0.717, 1.165) is 0 Å². The van der Waals surface area contributed by atoms with E-state index in [1.807, 2.05) is 0 Å². The minimum absolute atomic E-state index is 0. The summed E-state index contributed by atoms with van der Waals surface area (Å²) in [5.41, 5.74) is 0. The summed E-state index contributed by atoms with van der Waals surface area (Å²) in [5, 5.41) is 21.5. The Morgan fingerprint density at radius 3 is 1.00 bits per heavy atom. The van der Waals surface area contributed by atoms with Crippen molar-refractivity contribution in [3.8, 4) is 0 Å². The standard InChI is InChI=1S/BH3O3.Ca.Gd.Y.2H/c2-1(3)4;;;;;/h2-4H;;;;;. The molecule has 0 saturated carbocycles. The van der Waals surface area contributed by atoms with Crippen molar-refractivity contribution in [2.24, 2.45) is 0 Å². The van der Waals surface area contributed by atoms with Crippen LogP contribution in [0.1, 0.15) is 0 Å². The quantitative estimate of drug-likeness (QED) is 0.409. The average Bonchev–Trinajstić information content (AvgIpc) is 0.811. The SMILES string of the molecule is OB(O)O.[CaH2].[Gd].[Y]. The smallest absolute Gasteiger partial charge is 0 e. The van der Waals surface area contributed by atoms with E-state index in [4.69, 9.17) is 15.1 Å². The molecule has 0 atom stereocenters. The maximum atomic E-state index is 7.17. The van der Waals surface area contributed by atoms with Gasteiger partial charge >= 0.3 is 45.1 Å². The predicted octanol–water partition coefficient (Wildman–Crippen LogP) is -2.97. The molecule has 0 rings (SSSR count). The van der Waals surface area contributed by atoms with Crippen LogP contribution in [0.3, 0.4) is 0 Å². The molecular weight excluding hydrogens is 345 g/mol. The zero-order valence-electron chi connectivity index (χ0n) is 2.85. The van der Waals surface area contributed by atoms with Gasteiger partial charge in [0.2, 0.25) is 0 Å². The fourth-order valence-electron chi connectivity index (χ4n) is 0. The van der Waals surface area contributed by atoms with E-state index in [0.29, 0.717) is 0 Å². The van der Waals surface area contributed by atoms with E-state index in [1.54, 1.807) is 0 Å². The molecule has 39 valence electrons. The van der Waals surface area contributed by atoms with Gasteiger partial charge in [0.15, 0.2) is 0 Å². The number of hydrogen-bond acceptors (Lipinski definition) is 3. The zero-order valence-corrected chi connectivity index (χ0v) is 7.96. The van der Waals surface area contributed by atoms with Gasteiger partial charge in [-0.1, -0.05) is 0 Å². The van der Waals surface area contributed by atoms with Crippen LogP contribution >= 0.6 is 0 Å². The molecule has 0 aliphatic carbocycles. The summed E-state index contributed by atoms with van der Waals surface area (Å²) in [6, 6.07) is 0. The van der Waals surface area contributed by atoms with Crippen LogP contribution in [0, 0.1) is 39.9 Å². The normalized spacial score (nSPS) is 3.86. The summed E-state index contributed by atoms with van der Waals surface area (Å²) in [7, 11) is -2.17. The molecule has 0 aromatic heterocycles. The van der Waals surface area contributed by atoms with Crippen molar-refractivity contribution in [1.82, 2.24) is 0 Å². The van der Waals surface area contributed by atoms with Crippen molar-refractivity contribution in [3.63, 3.8) is 0 Å². The van der Waals surface area contributed by atoms with Crippen LogP contribution < -0.4 is 0 Å². The van der Waals surface area contributed by atoms with Crippen molar-refractivity contribution in [2.45, 2.75) is 0 Å². The van der Waals surface area contributed by atoms with Crippen molar-refractivity contribution in [3.05, 3.63) is 0 Å². The molecule has 0 aliphatic rings. The Morgan fingerprint density at radius 1 is 1.00 bits per heavy atom. The van der Waals surface area contributed by atoms with E-state index in [2.05, 4.69) is 0 Å². The third-order valence-corrected chi connectivity index (χ3v) is 0. The molecule has 3 N–H and O–H groups in total. The van der Waals surface area contributed by atoms with Gasteiger partial charge in [-0.2, -0.15) is 0 Å². The van der Waals surface area contributed by atoms with Gasteiger partial charge in [0, 0.05) is 72.6 Å². The average molecular weight is 350 g/mol. The summed E-state index contributed by atoms with van der Waals surface area (Å²) in [6.45, 7) is 0. The van der Waals surface area contributed by atoms with E-state index in [9.17, 15) is 0 Å². The molecule has 3 nitrogen and oxygen atoms in total. The van der Waals surface area contributed by atoms with E-state index < -0.39 is 7.32 Å². The predicted molar refractivity (Wildman–Crippen MR) is 21.0 cm³/mol. The topological polar surface area (TPSA) is 60.7 Å². The molecular formula is H5BCaGdO3Y. The van der Waals surface area contributed by atoms with Crippen LogP contribution in [0.2, 0.25) is 0 Å². The van der Waals surface area contributed by atoms with Gasteiger partial charge in [-0.25, -0.2) is 0 Å². The maximum Gasteiger partial charge on any atom is 0 e. The molecule has 0 unspecified atom stereocenters. The number of rotatable bonds is 0. The molecule has 0 amide bonds. The fourth-order valence-corrected chi connectivity index (χ4v) is 0. The Bertz CT molecular complexity index is 19.7. The Balaban J connectivity index is -0.0000000150. The summed E-state index contributed by atoms with van der Waals surface area (Å²) < 4.78 is 0. The van der Waals surface area contributed by atoms with Gasteiger partial charge in [0.25, 0.3) is 0 Å². The second-order valence-electron chi connectivity index (χ2n) is 0.346. The largest absolute Gasteiger partial charge is 0 e. The second kappa shape index (κ2) is 16.3. The van der Waals surface area contributed by atoms with Crippen molar-refractivity contribution in [1.29, 1.82) is 0 Å². The van der Waals surface area contributed by atoms with Crippen molar-refractivity contribution >= 4 is 45.1 Å². The van der Waals surface area contributed by atoms with Crippen LogP contribution in [0.15, 0.2) is 0 Å². The van der Waals surface area contributed by atoms with Crippen molar-refractivity contribution < 1.29 is 87.7 Å². The van der Waals surface area contributed by atoms with E-state index in [-0.39, 0.29) is 110 Å². The summed E-state index contributed by atoms with van der Waals surface area (Å²) in [4.78, 5) is 0. The molecule has 0 fully saturated rings. The Labute approximate surface area is 129 Å². The molecule has 0 spiro atoms.